The average molecular weight is 481 g/mol. The van der Waals surface area contributed by atoms with Crippen LogP contribution in [0.3, 0.4) is 0 Å². The minimum Gasteiger partial charge on any atom is -0.497 e. The molecule has 7 rings (SSSR count). The SMILES string of the molecule is C=Cc1ccc(Cn2cc([C@H]3CN4CC[C@@H]3C[C@H]4[C@@H](N)c3ccnc4ccc(OC)cc34)nn2)cc1. The van der Waals surface area contributed by atoms with Crippen LogP contribution in [0.15, 0.2) is 67.5 Å². The van der Waals surface area contributed by atoms with E-state index in [1.54, 1.807) is 7.11 Å². The van der Waals surface area contributed by atoms with E-state index in [1.165, 1.54) is 12.0 Å². The first-order valence-corrected chi connectivity index (χ1v) is 12.7. The molecule has 1 unspecified atom stereocenters. The van der Waals surface area contributed by atoms with Gasteiger partial charge in [-0.2, -0.15) is 0 Å². The van der Waals surface area contributed by atoms with Crippen LogP contribution in [0.25, 0.3) is 17.0 Å². The van der Waals surface area contributed by atoms with Gasteiger partial charge in [-0.25, -0.2) is 4.68 Å². The first kappa shape index (κ1) is 22.9. The summed E-state index contributed by atoms with van der Waals surface area (Å²) >= 11 is 0. The van der Waals surface area contributed by atoms with Crippen LogP contribution < -0.4 is 10.5 Å². The van der Waals surface area contributed by atoms with Crippen LogP contribution in [0.2, 0.25) is 0 Å². The van der Waals surface area contributed by atoms with Crippen molar-refractivity contribution < 1.29 is 4.74 Å². The summed E-state index contributed by atoms with van der Waals surface area (Å²) in [7, 11) is 1.69. The third kappa shape index (κ3) is 4.18. The summed E-state index contributed by atoms with van der Waals surface area (Å²) < 4.78 is 7.42. The third-order valence-corrected chi connectivity index (χ3v) is 8.05. The Labute approximate surface area is 211 Å². The lowest BCUT2D eigenvalue weighted by Gasteiger charge is -2.51. The number of methoxy groups -OCH3 is 1. The molecular weight excluding hydrogens is 448 g/mol. The van der Waals surface area contributed by atoms with Crippen molar-refractivity contribution in [3.05, 3.63) is 89.9 Å². The van der Waals surface area contributed by atoms with Crippen molar-refractivity contribution in [3.63, 3.8) is 0 Å². The van der Waals surface area contributed by atoms with E-state index in [4.69, 9.17) is 10.5 Å². The average Bonchev–Trinajstić information content (AvgIpc) is 3.41. The molecule has 0 aliphatic carbocycles. The Bertz CT molecular complexity index is 1380. The number of fused-ring (bicyclic) bond motifs is 4. The predicted molar refractivity (Wildman–Crippen MR) is 142 cm³/mol. The minimum absolute atomic E-state index is 0.0828. The number of aromatic nitrogens is 4. The van der Waals surface area contributed by atoms with E-state index in [1.807, 2.05) is 29.1 Å². The van der Waals surface area contributed by atoms with Gasteiger partial charge in [0.15, 0.2) is 0 Å². The van der Waals surface area contributed by atoms with Crippen LogP contribution in [-0.4, -0.2) is 51.1 Å². The number of benzene rings is 2. The van der Waals surface area contributed by atoms with Crippen LogP contribution in [-0.2, 0) is 6.54 Å². The number of rotatable bonds is 7. The largest absolute Gasteiger partial charge is 0.497 e. The van der Waals surface area contributed by atoms with Gasteiger partial charge in [0.25, 0.3) is 0 Å². The fourth-order valence-electron chi connectivity index (χ4n) is 6.06. The Morgan fingerprint density at radius 1 is 1.19 bits per heavy atom. The van der Waals surface area contributed by atoms with Crippen LogP contribution >= 0.6 is 0 Å². The molecule has 0 radical (unpaired) electrons. The Balaban J connectivity index is 1.19. The number of pyridine rings is 1. The second-order valence-electron chi connectivity index (χ2n) is 10.0. The fourth-order valence-corrected chi connectivity index (χ4v) is 6.06. The molecule has 0 amide bonds. The van der Waals surface area contributed by atoms with E-state index in [0.29, 0.717) is 17.9 Å². The standard InChI is InChI=1S/C29H32N6O/c1-3-19-4-6-20(7-5-19)16-35-18-27(32-33-35)25-17-34-13-11-21(25)14-28(34)29(30)23-10-12-31-26-9-8-22(36-2)15-24(23)26/h3-10,12,15,18,21,25,28-29H,1,11,13-14,16-17,30H2,2H3/t21-,25+,28+,29+/m1/s1. The van der Waals surface area contributed by atoms with Gasteiger partial charge in [0.2, 0.25) is 0 Å². The predicted octanol–water partition coefficient (Wildman–Crippen LogP) is 4.40. The molecule has 3 aliphatic heterocycles. The lowest BCUT2D eigenvalue weighted by atomic mass is 9.72. The number of hydrogen-bond donors (Lipinski definition) is 1. The number of ether oxygens (including phenoxy) is 1. The maximum Gasteiger partial charge on any atom is 0.119 e. The number of nitrogens with zero attached hydrogens (tertiary/aromatic N) is 5. The van der Waals surface area contributed by atoms with Crippen LogP contribution in [0, 0.1) is 5.92 Å². The Kier molecular flexibility index (Phi) is 6.03. The van der Waals surface area contributed by atoms with Gasteiger partial charge in [-0.15, -0.1) is 5.10 Å². The molecule has 184 valence electrons. The third-order valence-electron chi connectivity index (χ3n) is 8.05. The van der Waals surface area contributed by atoms with Crippen LogP contribution in [0.5, 0.6) is 5.75 Å². The fraction of sp³-hybridized carbons (Fsp3) is 0.345. The molecule has 7 nitrogen and oxygen atoms in total. The number of piperidine rings is 3. The molecule has 0 spiro atoms. The van der Waals surface area contributed by atoms with Gasteiger partial charge in [-0.1, -0.05) is 42.1 Å². The topological polar surface area (TPSA) is 82.1 Å². The smallest absolute Gasteiger partial charge is 0.119 e. The van der Waals surface area contributed by atoms with Gasteiger partial charge in [-0.3, -0.25) is 9.88 Å². The van der Waals surface area contributed by atoms with Gasteiger partial charge < -0.3 is 10.5 Å². The Hall–Kier alpha value is -3.55. The first-order chi connectivity index (χ1) is 17.6. The maximum atomic E-state index is 6.96. The van der Waals surface area contributed by atoms with Gasteiger partial charge in [0, 0.05) is 42.3 Å². The zero-order chi connectivity index (χ0) is 24.6. The highest BCUT2D eigenvalue weighted by Crippen LogP contribution is 2.44. The summed E-state index contributed by atoms with van der Waals surface area (Å²) in [5.41, 5.74) is 12.5. The highest BCUT2D eigenvalue weighted by molar-refractivity contribution is 5.84. The van der Waals surface area contributed by atoms with Crippen molar-refractivity contribution in [1.29, 1.82) is 0 Å². The van der Waals surface area contributed by atoms with Gasteiger partial charge in [-0.05, 0) is 66.3 Å². The maximum absolute atomic E-state index is 6.96. The summed E-state index contributed by atoms with van der Waals surface area (Å²) in [5.74, 6) is 1.79. The normalized spacial score (nSPS) is 24.1. The quantitative estimate of drug-likeness (QED) is 0.422. The Morgan fingerprint density at radius 3 is 2.81 bits per heavy atom. The second-order valence-corrected chi connectivity index (χ2v) is 10.0. The lowest BCUT2D eigenvalue weighted by Crippen LogP contribution is -2.55. The molecule has 36 heavy (non-hydrogen) atoms. The summed E-state index contributed by atoms with van der Waals surface area (Å²) in [6, 6.07) is 16.7. The van der Waals surface area contributed by atoms with Crippen LogP contribution in [0.4, 0.5) is 0 Å². The summed E-state index contributed by atoms with van der Waals surface area (Å²) in [6.45, 7) is 6.60. The molecule has 2 aromatic heterocycles. The molecule has 2 aromatic carbocycles. The molecular formula is C29H32N6O. The van der Waals surface area contributed by atoms with Crippen molar-refractivity contribution in [1.82, 2.24) is 24.9 Å². The Morgan fingerprint density at radius 2 is 2.06 bits per heavy atom. The summed E-state index contributed by atoms with van der Waals surface area (Å²) in [6.07, 6.45) is 8.10. The summed E-state index contributed by atoms with van der Waals surface area (Å²) in [4.78, 5) is 7.10. The van der Waals surface area contributed by atoms with Crippen molar-refractivity contribution in [2.24, 2.45) is 11.7 Å². The molecule has 5 heterocycles. The molecule has 2 N–H and O–H groups in total. The molecule has 4 aromatic rings. The zero-order valence-corrected chi connectivity index (χ0v) is 20.6. The highest BCUT2D eigenvalue weighted by atomic mass is 16.5. The van der Waals surface area contributed by atoms with Gasteiger partial charge in [0.05, 0.1) is 24.9 Å². The van der Waals surface area contributed by atoms with Crippen molar-refractivity contribution in [2.75, 3.05) is 20.2 Å². The van der Waals surface area contributed by atoms with E-state index < -0.39 is 0 Å². The second kappa shape index (κ2) is 9.48. The number of hydrogen-bond acceptors (Lipinski definition) is 6. The molecule has 3 aliphatic rings. The van der Waals surface area contributed by atoms with Crippen molar-refractivity contribution in [3.8, 4) is 5.75 Å². The molecule has 7 heteroatoms. The van der Waals surface area contributed by atoms with E-state index >= 15 is 0 Å². The van der Waals surface area contributed by atoms with Crippen LogP contribution in [0.1, 0.15) is 47.2 Å². The van der Waals surface area contributed by atoms with E-state index in [0.717, 1.165) is 59.5 Å². The zero-order valence-electron chi connectivity index (χ0n) is 20.6. The highest BCUT2D eigenvalue weighted by Gasteiger charge is 2.44. The molecule has 0 saturated carbocycles. The van der Waals surface area contributed by atoms with Crippen molar-refractivity contribution in [2.45, 2.75) is 37.4 Å². The van der Waals surface area contributed by atoms with Crippen molar-refractivity contribution >= 4 is 17.0 Å². The van der Waals surface area contributed by atoms with Gasteiger partial charge >= 0.3 is 0 Å². The minimum atomic E-state index is -0.0828. The molecule has 3 fully saturated rings. The van der Waals surface area contributed by atoms with E-state index in [-0.39, 0.29) is 6.04 Å². The molecule has 3 saturated heterocycles. The molecule has 5 atom stereocenters. The first-order valence-electron chi connectivity index (χ1n) is 12.7. The lowest BCUT2D eigenvalue weighted by molar-refractivity contribution is 0.0168. The molecule has 2 bridgehead atoms. The van der Waals surface area contributed by atoms with E-state index in [2.05, 4.69) is 69.4 Å². The van der Waals surface area contributed by atoms with E-state index in [9.17, 15) is 0 Å². The van der Waals surface area contributed by atoms with Gasteiger partial charge in [0.1, 0.15) is 5.75 Å². The number of nitrogens with two attached hydrogens (primary N) is 1. The summed E-state index contributed by atoms with van der Waals surface area (Å²) in [5, 5.41) is 10.1. The monoisotopic (exact) mass is 480 g/mol.